The molecule has 22 heavy (non-hydrogen) atoms. The Morgan fingerprint density at radius 1 is 0.864 bits per heavy atom. The molecule has 0 atom stereocenters. The number of fused-ring (bicyclic) bond motifs is 1. The molecular weight excluding hydrogens is 280 g/mol. The van der Waals surface area contributed by atoms with Gasteiger partial charge in [0.15, 0.2) is 0 Å². The van der Waals surface area contributed by atoms with Crippen molar-refractivity contribution in [3.63, 3.8) is 0 Å². The van der Waals surface area contributed by atoms with E-state index in [-0.39, 0.29) is 24.3 Å². The van der Waals surface area contributed by atoms with Crippen molar-refractivity contribution in [3.05, 3.63) is 72.8 Å². The lowest BCUT2D eigenvalue weighted by Crippen LogP contribution is -2.14. The van der Waals surface area contributed by atoms with Crippen molar-refractivity contribution in [3.8, 4) is 0 Å². The summed E-state index contributed by atoms with van der Waals surface area (Å²) in [4.78, 5) is 24.3. The number of esters is 2. The van der Waals surface area contributed by atoms with Crippen LogP contribution in [0.25, 0.3) is 10.8 Å². The fourth-order valence-electron chi connectivity index (χ4n) is 2.00. The van der Waals surface area contributed by atoms with Gasteiger partial charge < -0.3 is 9.47 Å². The Bertz CT molecular complexity index is 668. The summed E-state index contributed by atoms with van der Waals surface area (Å²) in [6, 6.07) is 10.7. The molecule has 0 aliphatic rings. The third-order valence-corrected chi connectivity index (χ3v) is 2.99. The van der Waals surface area contributed by atoms with Crippen LogP contribution in [0.3, 0.4) is 0 Å². The molecule has 0 saturated carbocycles. The van der Waals surface area contributed by atoms with Gasteiger partial charge >= 0.3 is 11.9 Å². The zero-order chi connectivity index (χ0) is 15.9. The first-order valence-corrected chi connectivity index (χ1v) is 6.76. The molecule has 0 aliphatic carbocycles. The molecule has 2 aromatic carbocycles. The van der Waals surface area contributed by atoms with Gasteiger partial charge in [-0.1, -0.05) is 49.6 Å². The Hall–Kier alpha value is -2.88. The number of benzene rings is 2. The highest BCUT2D eigenvalue weighted by atomic mass is 16.5. The second-order valence-electron chi connectivity index (χ2n) is 4.52. The summed E-state index contributed by atoms with van der Waals surface area (Å²) in [7, 11) is 0. The minimum absolute atomic E-state index is 0.0762. The SMILES string of the molecule is C=CCOC(=O)c1cc2ccccc2cc1C(=O)OCC=C. The van der Waals surface area contributed by atoms with Gasteiger partial charge in [0.1, 0.15) is 13.2 Å². The summed E-state index contributed by atoms with van der Waals surface area (Å²) in [5.41, 5.74) is 0.351. The molecule has 0 radical (unpaired) electrons. The maximum Gasteiger partial charge on any atom is 0.339 e. The van der Waals surface area contributed by atoms with Gasteiger partial charge in [-0.25, -0.2) is 9.59 Å². The van der Waals surface area contributed by atoms with Gasteiger partial charge in [-0.3, -0.25) is 0 Å². The fraction of sp³-hybridized carbons (Fsp3) is 0.111. The van der Waals surface area contributed by atoms with E-state index in [4.69, 9.17) is 9.47 Å². The summed E-state index contributed by atoms with van der Waals surface area (Å²) in [6.45, 7) is 7.14. The summed E-state index contributed by atoms with van der Waals surface area (Å²) in [5, 5.41) is 1.68. The molecule has 0 saturated heterocycles. The second kappa shape index (κ2) is 7.22. The maximum absolute atomic E-state index is 12.1. The standard InChI is InChI=1S/C18H16O4/c1-3-9-21-17(19)15-11-13-7-5-6-8-14(13)12-16(15)18(20)22-10-4-2/h3-8,11-12H,1-2,9-10H2. The van der Waals surface area contributed by atoms with E-state index in [0.29, 0.717) is 0 Å². The van der Waals surface area contributed by atoms with Gasteiger partial charge in [-0.05, 0) is 22.9 Å². The second-order valence-corrected chi connectivity index (χ2v) is 4.52. The number of carbonyl (C=O) groups is 2. The number of hydrogen-bond acceptors (Lipinski definition) is 4. The molecule has 0 spiro atoms. The Morgan fingerprint density at radius 2 is 1.27 bits per heavy atom. The molecular formula is C18H16O4. The largest absolute Gasteiger partial charge is 0.458 e. The molecule has 2 aromatic rings. The molecule has 0 amide bonds. The molecule has 0 aromatic heterocycles. The Morgan fingerprint density at radius 3 is 1.64 bits per heavy atom. The molecule has 0 bridgehead atoms. The Balaban J connectivity index is 2.49. The highest BCUT2D eigenvalue weighted by Gasteiger charge is 2.20. The highest BCUT2D eigenvalue weighted by Crippen LogP contribution is 2.22. The quantitative estimate of drug-likeness (QED) is 0.604. The topological polar surface area (TPSA) is 52.6 Å². The first-order chi connectivity index (χ1) is 10.7. The lowest BCUT2D eigenvalue weighted by Gasteiger charge is -2.10. The molecule has 4 heteroatoms. The van der Waals surface area contributed by atoms with Crippen LogP contribution in [0.15, 0.2) is 61.7 Å². The molecule has 0 heterocycles. The van der Waals surface area contributed by atoms with Crippen LogP contribution in [0.5, 0.6) is 0 Å². The van der Waals surface area contributed by atoms with Crippen LogP contribution in [0.1, 0.15) is 20.7 Å². The van der Waals surface area contributed by atoms with Crippen LogP contribution in [0, 0.1) is 0 Å². The van der Waals surface area contributed by atoms with Crippen LogP contribution >= 0.6 is 0 Å². The van der Waals surface area contributed by atoms with Crippen molar-refractivity contribution >= 4 is 22.7 Å². The molecule has 2 rings (SSSR count). The van der Waals surface area contributed by atoms with Gasteiger partial charge in [0.2, 0.25) is 0 Å². The molecule has 0 aliphatic heterocycles. The van der Waals surface area contributed by atoms with Crippen molar-refractivity contribution < 1.29 is 19.1 Å². The predicted octanol–water partition coefficient (Wildman–Crippen LogP) is 3.53. The molecule has 0 N–H and O–H groups in total. The summed E-state index contributed by atoms with van der Waals surface area (Å²) < 4.78 is 10.1. The van der Waals surface area contributed by atoms with Crippen molar-refractivity contribution in [2.24, 2.45) is 0 Å². The van der Waals surface area contributed by atoms with Gasteiger partial charge in [-0.15, -0.1) is 0 Å². The molecule has 4 nitrogen and oxygen atoms in total. The number of ether oxygens (including phenoxy) is 2. The predicted molar refractivity (Wildman–Crippen MR) is 84.9 cm³/mol. The number of rotatable bonds is 6. The van der Waals surface area contributed by atoms with Gasteiger partial charge in [0.05, 0.1) is 11.1 Å². The average molecular weight is 296 g/mol. The Labute approximate surface area is 128 Å². The van der Waals surface area contributed by atoms with Crippen molar-refractivity contribution in [1.29, 1.82) is 0 Å². The monoisotopic (exact) mass is 296 g/mol. The van der Waals surface area contributed by atoms with E-state index >= 15 is 0 Å². The van der Waals surface area contributed by atoms with Crippen LogP contribution in [-0.2, 0) is 9.47 Å². The van der Waals surface area contributed by atoms with Gasteiger partial charge in [0, 0.05) is 0 Å². The fourth-order valence-corrected chi connectivity index (χ4v) is 2.00. The van der Waals surface area contributed by atoms with E-state index in [1.54, 1.807) is 12.1 Å². The van der Waals surface area contributed by atoms with E-state index in [9.17, 15) is 9.59 Å². The van der Waals surface area contributed by atoms with Crippen LogP contribution < -0.4 is 0 Å². The van der Waals surface area contributed by atoms with E-state index in [2.05, 4.69) is 13.2 Å². The normalized spacial score (nSPS) is 10.0. The van der Waals surface area contributed by atoms with E-state index in [0.717, 1.165) is 10.8 Å². The maximum atomic E-state index is 12.1. The third-order valence-electron chi connectivity index (χ3n) is 2.99. The van der Waals surface area contributed by atoms with Crippen molar-refractivity contribution in [2.75, 3.05) is 13.2 Å². The lowest BCUT2D eigenvalue weighted by atomic mass is 10.0. The van der Waals surface area contributed by atoms with Gasteiger partial charge in [-0.2, -0.15) is 0 Å². The third kappa shape index (κ3) is 3.41. The Kier molecular flexibility index (Phi) is 5.09. The summed E-state index contributed by atoms with van der Waals surface area (Å²) >= 11 is 0. The molecule has 0 unspecified atom stereocenters. The molecule has 112 valence electrons. The van der Waals surface area contributed by atoms with Crippen molar-refractivity contribution in [2.45, 2.75) is 0 Å². The van der Waals surface area contributed by atoms with E-state index in [1.807, 2.05) is 24.3 Å². The number of hydrogen-bond donors (Lipinski definition) is 0. The summed E-state index contributed by atoms with van der Waals surface area (Å²) in [5.74, 6) is -1.17. The molecule has 0 fully saturated rings. The minimum atomic E-state index is -0.587. The minimum Gasteiger partial charge on any atom is -0.458 e. The highest BCUT2D eigenvalue weighted by molar-refractivity contribution is 6.07. The summed E-state index contributed by atoms with van der Waals surface area (Å²) in [6.07, 6.45) is 2.93. The average Bonchev–Trinajstić information content (AvgIpc) is 2.56. The van der Waals surface area contributed by atoms with E-state index in [1.165, 1.54) is 12.2 Å². The van der Waals surface area contributed by atoms with Crippen LogP contribution in [-0.4, -0.2) is 25.2 Å². The van der Waals surface area contributed by atoms with Crippen LogP contribution in [0.4, 0.5) is 0 Å². The van der Waals surface area contributed by atoms with Gasteiger partial charge in [0.25, 0.3) is 0 Å². The zero-order valence-electron chi connectivity index (χ0n) is 12.1. The van der Waals surface area contributed by atoms with Crippen LogP contribution in [0.2, 0.25) is 0 Å². The van der Waals surface area contributed by atoms with E-state index < -0.39 is 11.9 Å². The van der Waals surface area contributed by atoms with Crippen molar-refractivity contribution in [1.82, 2.24) is 0 Å². The number of carbonyl (C=O) groups excluding carboxylic acids is 2. The first kappa shape index (κ1) is 15.5. The zero-order valence-corrected chi connectivity index (χ0v) is 12.1. The smallest absolute Gasteiger partial charge is 0.339 e. The first-order valence-electron chi connectivity index (χ1n) is 6.76. The lowest BCUT2D eigenvalue weighted by molar-refractivity contribution is 0.0503.